The summed E-state index contributed by atoms with van der Waals surface area (Å²) < 4.78 is 0. The molecule has 0 saturated carbocycles. The first kappa shape index (κ1) is 15.8. The summed E-state index contributed by atoms with van der Waals surface area (Å²) >= 11 is 0. The Kier molecular flexibility index (Phi) is 4.71. The van der Waals surface area contributed by atoms with Crippen LogP contribution in [0.3, 0.4) is 0 Å². The van der Waals surface area contributed by atoms with Crippen molar-refractivity contribution in [2.45, 2.75) is 70.5 Å². The molecule has 0 radical (unpaired) electrons. The smallest absolute Gasteiger partial charge is 0.228 e. The van der Waals surface area contributed by atoms with Crippen molar-refractivity contribution in [3.8, 4) is 0 Å². The summed E-state index contributed by atoms with van der Waals surface area (Å²) in [6, 6.07) is 1.000. The number of fused-ring (bicyclic) bond motifs is 2. The van der Waals surface area contributed by atoms with Crippen LogP contribution in [0.25, 0.3) is 0 Å². The van der Waals surface area contributed by atoms with Crippen molar-refractivity contribution in [1.82, 2.24) is 15.1 Å². The zero-order valence-electron chi connectivity index (χ0n) is 13.9. The molecule has 3 aliphatic rings. The number of carbonyl (C=O) groups excluding carboxylic acids is 2. The Bertz CT molecular complexity index is 426. The van der Waals surface area contributed by atoms with Gasteiger partial charge >= 0.3 is 0 Å². The minimum Gasteiger partial charge on any atom is -0.339 e. The van der Waals surface area contributed by atoms with Crippen LogP contribution in [-0.2, 0) is 9.59 Å². The molecule has 3 saturated heterocycles. The van der Waals surface area contributed by atoms with Gasteiger partial charge in [-0.2, -0.15) is 0 Å². The molecule has 3 rings (SSSR count). The van der Waals surface area contributed by atoms with E-state index in [1.165, 1.54) is 0 Å². The number of hydrogen-bond donors (Lipinski definition) is 1. The average Bonchev–Trinajstić information content (AvgIpc) is 2.98. The topological polar surface area (TPSA) is 52.7 Å². The average molecular weight is 307 g/mol. The van der Waals surface area contributed by atoms with Crippen LogP contribution in [0.4, 0.5) is 0 Å². The summed E-state index contributed by atoms with van der Waals surface area (Å²) in [7, 11) is 0. The van der Waals surface area contributed by atoms with Crippen LogP contribution in [0.15, 0.2) is 0 Å². The molecular formula is C17H29N3O2. The van der Waals surface area contributed by atoms with E-state index in [0.717, 1.165) is 45.2 Å². The van der Waals surface area contributed by atoms with E-state index in [0.29, 0.717) is 25.0 Å². The van der Waals surface area contributed by atoms with Gasteiger partial charge in [-0.25, -0.2) is 0 Å². The lowest BCUT2D eigenvalue weighted by Crippen LogP contribution is -2.46. The molecule has 0 aliphatic carbocycles. The predicted molar refractivity (Wildman–Crippen MR) is 85.3 cm³/mol. The third-order valence-electron chi connectivity index (χ3n) is 5.65. The van der Waals surface area contributed by atoms with Gasteiger partial charge in [0.15, 0.2) is 0 Å². The fraction of sp³-hybridized carbons (Fsp3) is 0.882. The Morgan fingerprint density at radius 3 is 2.86 bits per heavy atom. The van der Waals surface area contributed by atoms with Gasteiger partial charge in [0.2, 0.25) is 11.8 Å². The summed E-state index contributed by atoms with van der Waals surface area (Å²) in [5.41, 5.74) is 0. The van der Waals surface area contributed by atoms with Crippen molar-refractivity contribution in [1.29, 1.82) is 0 Å². The minimum absolute atomic E-state index is 0.118. The van der Waals surface area contributed by atoms with Gasteiger partial charge in [-0.15, -0.1) is 0 Å². The van der Waals surface area contributed by atoms with Gasteiger partial charge in [0.05, 0.1) is 5.92 Å². The second-order valence-electron chi connectivity index (χ2n) is 7.21. The summed E-state index contributed by atoms with van der Waals surface area (Å²) in [6.07, 6.45) is 5.81. The maximum absolute atomic E-state index is 13.0. The molecule has 124 valence electrons. The zero-order chi connectivity index (χ0) is 15.7. The number of nitrogens with zero attached hydrogens (tertiary/aromatic N) is 2. The van der Waals surface area contributed by atoms with E-state index < -0.39 is 0 Å². The van der Waals surface area contributed by atoms with Crippen molar-refractivity contribution in [3.63, 3.8) is 0 Å². The van der Waals surface area contributed by atoms with Gasteiger partial charge in [0.1, 0.15) is 0 Å². The Balaban J connectivity index is 1.67. The van der Waals surface area contributed by atoms with Gasteiger partial charge in [-0.3, -0.25) is 9.59 Å². The van der Waals surface area contributed by atoms with E-state index in [4.69, 9.17) is 0 Å². The van der Waals surface area contributed by atoms with Crippen molar-refractivity contribution in [2.24, 2.45) is 5.92 Å². The van der Waals surface area contributed by atoms with E-state index in [2.05, 4.69) is 24.1 Å². The molecule has 3 heterocycles. The first-order chi connectivity index (χ1) is 10.6. The molecule has 4 atom stereocenters. The normalized spacial score (nSPS) is 33.2. The number of rotatable bonds is 4. The molecule has 2 amide bonds. The van der Waals surface area contributed by atoms with Crippen LogP contribution in [0.5, 0.6) is 0 Å². The number of amides is 2. The van der Waals surface area contributed by atoms with Crippen molar-refractivity contribution < 1.29 is 9.59 Å². The monoisotopic (exact) mass is 307 g/mol. The van der Waals surface area contributed by atoms with Crippen LogP contribution in [0.2, 0.25) is 0 Å². The number of likely N-dealkylation sites (tertiary alicyclic amines) is 1. The SMILES string of the molecule is CCCC(C)N1CC(C(=O)N2C3CCNCC2CC3)CC1=O. The quantitative estimate of drug-likeness (QED) is 0.853. The molecular weight excluding hydrogens is 278 g/mol. The molecule has 3 aliphatic heterocycles. The molecule has 0 spiro atoms. The lowest BCUT2D eigenvalue weighted by molar-refractivity contribution is -0.138. The van der Waals surface area contributed by atoms with Crippen LogP contribution in [0.1, 0.15) is 52.4 Å². The first-order valence-corrected chi connectivity index (χ1v) is 8.94. The largest absolute Gasteiger partial charge is 0.339 e. The second kappa shape index (κ2) is 6.57. The van der Waals surface area contributed by atoms with Gasteiger partial charge < -0.3 is 15.1 Å². The molecule has 5 nitrogen and oxygen atoms in total. The highest BCUT2D eigenvalue weighted by atomic mass is 16.2. The van der Waals surface area contributed by atoms with Crippen LogP contribution < -0.4 is 5.32 Å². The summed E-state index contributed by atoms with van der Waals surface area (Å²) in [6.45, 7) is 6.80. The molecule has 4 unspecified atom stereocenters. The Morgan fingerprint density at radius 2 is 2.09 bits per heavy atom. The first-order valence-electron chi connectivity index (χ1n) is 8.94. The third-order valence-corrected chi connectivity index (χ3v) is 5.65. The molecule has 1 N–H and O–H groups in total. The molecule has 3 fully saturated rings. The third kappa shape index (κ3) is 2.87. The fourth-order valence-corrected chi connectivity index (χ4v) is 4.45. The van der Waals surface area contributed by atoms with E-state index in [-0.39, 0.29) is 23.8 Å². The van der Waals surface area contributed by atoms with Crippen molar-refractivity contribution in [2.75, 3.05) is 19.6 Å². The van der Waals surface area contributed by atoms with Crippen molar-refractivity contribution >= 4 is 11.8 Å². The second-order valence-corrected chi connectivity index (χ2v) is 7.21. The molecule has 5 heteroatoms. The molecule has 0 aromatic carbocycles. The predicted octanol–water partition coefficient (Wildman–Crippen LogP) is 1.38. The Morgan fingerprint density at radius 1 is 1.32 bits per heavy atom. The van der Waals surface area contributed by atoms with E-state index >= 15 is 0 Å². The standard InChI is InChI=1S/C17H29N3O2/c1-3-4-12(2)19-11-13(9-16(19)21)17(22)20-14-5-6-15(20)10-18-8-7-14/h12-15,18H,3-11H2,1-2H3. The van der Waals surface area contributed by atoms with Gasteiger partial charge in [-0.1, -0.05) is 13.3 Å². The Hall–Kier alpha value is -1.10. The van der Waals surface area contributed by atoms with E-state index in [1.54, 1.807) is 0 Å². The van der Waals surface area contributed by atoms with Crippen molar-refractivity contribution in [3.05, 3.63) is 0 Å². The lowest BCUT2D eigenvalue weighted by Gasteiger charge is -2.31. The summed E-state index contributed by atoms with van der Waals surface area (Å²) in [4.78, 5) is 29.3. The molecule has 2 bridgehead atoms. The number of carbonyl (C=O) groups is 2. The minimum atomic E-state index is -0.118. The maximum Gasteiger partial charge on any atom is 0.228 e. The lowest BCUT2D eigenvalue weighted by atomic mass is 10.1. The summed E-state index contributed by atoms with van der Waals surface area (Å²) in [5.74, 6) is 0.281. The van der Waals surface area contributed by atoms with E-state index in [9.17, 15) is 9.59 Å². The van der Waals surface area contributed by atoms with Gasteiger partial charge in [0, 0.05) is 37.6 Å². The highest BCUT2D eigenvalue weighted by Gasteiger charge is 2.44. The van der Waals surface area contributed by atoms with Gasteiger partial charge in [-0.05, 0) is 39.2 Å². The highest BCUT2D eigenvalue weighted by Crippen LogP contribution is 2.32. The molecule has 0 aromatic heterocycles. The fourth-order valence-electron chi connectivity index (χ4n) is 4.45. The molecule has 22 heavy (non-hydrogen) atoms. The zero-order valence-corrected chi connectivity index (χ0v) is 13.9. The maximum atomic E-state index is 13.0. The Labute approximate surface area is 133 Å². The summed E-state index contributed by atoms with van der Waals surface area (Å²) in [5, 5.41) is 3.44. The number of nitrogens with one attached hydrogen (secondary N) is 1. The van der Waals surface area contributed by atoms with Crippen LogP contribution in [0, 0.1) is 5.92 Å². The highest BCUT2D eigenvalue weighted by molar-refractivity contribution is 5.89. The molecule has 0 aromatic rings. The van der Waals surface area contributed by atoms with Gasteiger partial charge in [0.25, 0.3) is 0 Å². The van der Waals surface area contributed by atoms with E-state index in [1.807, 2.05) is 4.90 Å². The number of hydrogen-bond acceptors (Lipinski definition) is 3. The van der Waals surface area contributed by atoms with Crippen LogP contribution in [-0.4, -0.2) is 59.4 Å². The van der Waals surface area contributed by atoms with Crippen LogP contribution >= 0.6 is 0 Å².